The van der Waals surface area contributed by atoms with Gasteiger partial charge in [-0.15, -0.1) is 0 Å². The van der Waals surface area contributed by atoms with Crippen molar-refractivity contribution in [3.63, 3.8) is 0 Å². The van der Waals surface area contributed by atoms with Crippen molar-refractivity contribution in [2.75, 3.05) is 19.7 Å². The van der Waals surface area contributed by atoms with E-state index in [1.165, 1.54) is 4.90 Å². The van der Waals surface area contributed by atoms with E-state index in [0.29, 0.717) is 30.2 Å². The van der Waals surface area contributed by atoms with E-state index in [4.69, 9.17) is 22.1 Å². The molecule has 1 aromatic rings. The van der Waals surface area contributed by atoms with Crippen molar-refractivity contribution in [1.82, 2.24) is 15.8 Å². The minimum atomic E-state index is -0.551. The molecular weight excluding hydrogens is 336 g/mol. The lowest BCUT2D eigenvalue weighted by Crippen LogP contribution is -2.51. The molecule has 1 saturated heterocycles. The van der Waals surface area contributed by atoms with E-state index in [2.05, 4.69) is 10.9 Å². The van der Waals surface area contributed by atoms with Crippen LogP contribution in [0.1, 0.15) is 12.8 Å². The highest BCUT2D eigenvalue weighted by atomic mass is 35.5. The van der Waals surface area contributed by atoms with Crippen LogP contribution in [0.5, 0.6) is 5.75 Å². The van der Waals surface area contributed by atoms with Gasteiger partial charge in [-0.05, 0) is 25.0 Å². The Kier molecular flexibility index (Phi) is 6.25. The summed E-state index contributed by atoms with van der Waals surface area (Å²) >= 11 is 5.91. The van der Waals surface area contributed by atoms with Crippen molar-refractivity contribution in [2.24, 2.45) is 11.7 Å². The molecule has 0 bridgehead atoms. The van der Waals surface area contributed by atoms with Crippen LogP contribution in [-0.4, -0.2) is 42.4 Å². The third-order valence-corrected chi connectivity index (χ3v) is 3.94. The molecule has 1 aliphatic rings. The summed E-state index contributed by atoms with van der Waals surface area (Å²) in [6.45, 7) is 0.492. The van der Waals surface area contributed by atoms with Gasteiger partial charge in [0.2, 0.25) is 5.91 Å². The highest BCUT2D eigenvalue weighted by Crippen LogP contribution is 2.22. The van der Waals surface area contributed by atoms with Crippen LogP contribution in [0, 0.1) is 5.92 Å². The maximum Gasteiger partial charge on any atom is 0.314 e. The number of benzene rings is 1. The van der Waals surface area contributed by atoms with Crippen molar-refractivity contribution >= 4 is 29.4 Å². The molecule has 1 heterocycles. The zero-order valence-electron chi connectivity index (χ0n) is 13.0. The van der Waals surface area contributed by atoms with Gasteiger partial charge in [-0.1, -0.05) is 23.7 Å². The van der Waals surface area contributed by atoms with Crippen LogP contribution in [0.3, 0.4) is 0 Å². The van der Waals surface area contributed by atoms with Gasteiger partial charge in [0.15, 0.2) is 6.61 Å². The number of nitrogens with two attached hydrogens (primary N) is 1. The number of ether oxygens (including phenoxy) is 1. The maximum atomic E-state index is 12.0. The molecular formula is C15H19ClN4O4. The number of hydrogen-bond donors (Lipinski definition) is 3. The number of urea groups is 1. The number of likely N-dealkylation sites (tertiary alicyclic amines) is 1. The number of para-hydroxylation sites is 1. The molecule has 1 aromatic carbocycles. The van der Waals surface area contributed by atoms with E-state index in [0.717, 1.165) is 0 Å². The van der Waals surface area contributed by atoms with Crippen LogP contribution in [0.4, 0.5) is 4.79 Å². The number of nitrogens with zero attached hydrogens (tertiary/aromatic N) is 1. The third kappa shape index (κ3) is 5.02. The molecule has 4 N–H and O–H groups in total. The molecule has 9 heteroatoms. The fraction of sp³-hybridized carbons (Fsp3) is 0.400. The van der Waals surface area contributed by atoms with E-state index in [9.17, 15) is 14.4 Å². The second-order valence-electron chi connectivity index (χ2n) is 5.38. The SMILES string of the molecule is NC(=O)N1CCC[C@H](C(=O)NNC(=O)COc2ccccc2Cl)C1. The second kappa shape index (κ2) is 8.39. The first kappa shape index (κ1) is 17.9. The molecule has 0 unspecified atom stereocenters. The van der Waals surface area contributed by atoms with E-state index >= 15 is 0 Å². The average Bonchev–Trinajstić information content (AvgIpc) is 2.59. The van der Waals surface area contributed by atoms with Gasteiger partial charge >= 0.3 is 6.03 Å². The predicted octanol–water partition coefficient (Wildman–Crippen LogP) is 0.657. The van der Waals surface area contributed by atoms with E-state index in [1.54, 1.807) is 24.3 Å². The smallest absolute Gasteiger partial charge is 0.314 e. The van der Waals surface area contributed by atoms with Gasteiger partial charge in [0.05, 0.1) is 10.9 Å². The predicted molar refractivity (Wildman–Crippen MR) is 87.1 cm³/mol. The van der Waals surface area contributed by atoms with Gasteiger partial charge < -0.3 is 15.4 Å². The number of primary amides is 1. The first-order valence-corrected chi connectivity index (χ1v) is 7.85. The van der Waals surface area contributed by atoms with Gasteiger partial charge in [-0.25, -0.2) is 4.79 Å². The van der Waals surface area contributed by atoms with Crippen LogP contribution in [-0.2, 0) is 9.59 Å². The zero-order valence-corrected chi connectivity index (χ0v) is 13.7. The minimum Gasteiger partial charge on any atom is -0.482 e. The summed E-state index contributed by atoms with van der Waals surface area (Å²) in [5, 5.41) is 0.392. The zero-order chi connectivity index (χ0) is 17.5. The minimum absolute atomic E-state index is 0.243. The average molecular weight is 355 g/mol. The van der Waals surface area contributed by atoms with Crippen LogP contribution >= 0.6 is 11.6 Å². The molecule has 24 heavy (non-hydrogen) atoms. The largest absolute Gasteiger partial charge is 0.482 e. The van der Waals surface area contributed by atoms with Gasteiger partial charge in [0, 0.05) is 13.1 Å². The Morgan fingerprint density at radius 1 is 1.29 bits per heavy atom. The van der Waals surface area contributed by atoms with Gasteiger partial charge in [-0.2, -0.15) is 0 Å². The van der Waals surface area contributed by atoms with Gasteiger partial charge in [0.1, 0.15) is 5.75 Å². The molecule has 0 saturated carbocycles. The van der Waals surface area contributed by atoms with Gasteiger partial charge in [0.25, 0.3) is 5.91 Å². The molecule has 1 atom stereocenters. The van der Waals surface area contributed by atoms with Crippen molar-refractivity contribution in [2.45, 2.75) is 12.8 Å². The standard InChI is InChI=1S/C15H19ClN4O4/c16-11-5-1-2-6-12(11)24-9-13(21)18-19-14(22)10-4-3-7-20(8-10)15(17)23/h1-2,5-6,10H,3-4,7-9H2,(H2,17,23)(H,18,21)(H,19,22)/t10-/m0/s1. The Morgan fingerprint density at radius 3 is 2.75 bits per heavy atom. The number of piperidine rings is 1. The maximum absolute atomic E-state index is 12.0. The molecule has 8 nitrogen and oxygen atoms in total. The molecule has 4 amide bonds. The van der Waals surface area contributed by atoms with Crippen LogP contribution in [0.2, 0.25) is 5.02 Å². The lowest BCUT2D eigenvalue weighted by Gasteiger charge is -2.30. The van der Waals surface area contributed by atoms with Crippen LogP contribution < -0.4 is 21.3 Å². The number of rotatable bonds is 4. The number of carbonyl (C=O) groups excluding carboxylic acids is 3. The first-order chi connectivity index (χ1) is 11.5. The fourth-order valence-electron chi connectivity index (χ4n) is 2.37. The van der Waals surface area contributed by atoms with Crippen molar-refractivity contribution in [1.29, 1.82) is 0 Å². The lowest BCUT2D eigenvalue weighted by atomic mass is 9.98. The molecule has 0 radical (unpaired) electrons. The molecule has 2 rings (SSSR count). The molecule has 0 aliphatic carbocycles. The monoisotopic (exact) mass is 354 g/mol. The van der Waals surface area contributed by atoms with Crippen molar-refractivity contribution in [3.05, 3.63) is 29.3 Å². The summed E-state index contributed by atoms with van der Waals surface area (Å²) < 4.78 is 5.26. The quantitative estimate of drug-likeness (QED) is 0.689. The highest BCUT2D eigenvalue weighted by molar-refractivity contribution is 6.32. The Morgan fingerprint density at radius 2 is 2.04 bits per heavy atom. The number of hydrazine groups is 1. The van der Waals surface area contributed by atoms with E-state index < -0.39 is 17.9 Å². The number of nitrogens with one attached hydrogen (secondary N) is 2. The summed E-state index contributed by atoms with van der Waals surface area (Å²) in [6.07, 6.45) is 1.31. The summed E-state index contributed by atoms with van der Waals surface area (Å²) in [5.74, 6) is -0.918. The van der Waals surface area contributed by atoms with Crippen molar-refractivity contribution in [3.8, 4) is 5.75 Å². The Bertz CT molecular complexity index is 625. The summed E-state index contributed by atoms with van der Waals surface area (Å²) in [7, 11) is 0. The molecule has 1 fully saturated rings. The van der Waals surface area contributed by atoms with Gasteiger partial charge in [-0.3, -0.25) is 20.4 Å². The van der Waals surface area contributed by atoms with Crippen LogP contribution in [0.25, 0.3) is 0 Å². The van der Waals surface area contributed by atoms with E-state index in [1.807, 2.05) is 0 Å². The Labute approximate surface area is 144 Å². The number of carbonyl (C=O) groups is 3. The summed E-state index contributed by atoms with van der Waals surface area (Å²) in [6, 6.07) is 6.20. The fourth-order valence-corrected chi connectivity index (χ4v) is 2.56. The molecule has 1 aliphatic heterocycles. The summed E-state index contributed by atoms with van der Waals surface area (Å²) in [5.41, 5.74) is 9.82. The third-order valence-electron chi connectivity index (χ3n) is 3.62. The summed E-state index contributed by atoms with van der Waals surface area (Å²) in [4.78, 5) is 36.3. The second-order valence-corrected chi connectivity index (χ2v) is 5.79. The molecule has 0 aromatic heterocycles. The van der Waals surface area contributed by atoms with Crippen molar-refractivity contribution < 1.29 is 19.1 Å². The Balaban J connectivity index is 1.74. The topological polar surface area (TPSA) is 114 Å². The first-order valence-electron chi connectivity index (χ1n) is 7.47. The number of amides is 4. The molecule has 0 spiro atoms. The molecule has 130 valence electrons. The number of halogens is 1. The van der Waals surface area contributed by atoms with E-state index in [-0.39, 0.29) is 19.1 Å². The van der Waals surface area contributed by atoms with Crippen LogP contribution in [0.15, 0.2) is 24.3 Å². The highest BCUT2D eigenvalue weighted by Gasteiger charge is 2.27. The lowest BCUT2D eigenvalue weighted by molar-refractivity contribution is -0.132. The number of hydrogen-bond acceptors (Lipinski definition) is 4. The Hall–Kier alpha value is -2.48. The normalized spacial score (nSPS) is 17.0.